The first-order valence-corrected chi connectivity index (χ1v) is 6.42. The van der Waals surface area contributed by atoms with E-state index in [1.165, 1.54) is 0 Å². The molecule has 1 aliphatic rings. The highest BCUT2D eigenvalue weighted by atomic mass is 16.2. The molecule has 0 radical (unpaired) electrons. The fourth-order valence-electron chi connectivity index (χ4n) is 3.21. The summed E-state index contributed by atoms with van der Waals surface area (Å²) in [7, 11) is 0. The van der Waals surface area contributed by atoms with Crippen LogP contribution >= 0.6 is 0 Å². The molecule has 0 bridgehead atoms. The van der Waals surface area contributed by atoms with Gasteiger partial charge in [-0.3, -0.25) is 9.79 Å². The van der Waals surface area contributed by atoms with E-state index in [2.05, 4.69) is 44.3 Å². The summed E-state index contributed by atoms with van der Waals surface area (Å²) in [5.41, 5.74) is -0.288. The molecule has 0 atom stereocenters. The number of aliphatic imine (C=N–C) groups is 1. The van der Waals surface area contributed by atoms with Crippen molar-refractivity contribution in [3.05, 3.63) is 0 Å². The van der Waals surface area contributed by atoms with Gasteiger partial charge in [-0.2, -0.15) is 0 Å². The average molecular weight is 238 g/mol. The van der Waals surface area contributed by atoms with Crippen LogP contribution in [0.2, 0.25) is 0 Å². The Morgan fingerprint density at radius 2 is 1.65 bits per heavy atom. The monoisotopic (exact) mass is 238 g/mol. The van der Waals surface area contributed by atoms with E-state index in [1.54, 1.807) is 0 Å². The van der Waals surface area contributed by atoms with Crippen LogP contribution in [0.4, 0.5) is 0 Å². The second-order valence-electron chi connectivity index (χ2n) is 6.70. The summed E-state index contributed by atoms with van der Waals surface area (Å²) in [6.07, 6.45) is 1.80. The van der Waals surface area contributed by atoms with Gasteiger partial charge in [0.1, 0.15) is 0 Å². The highest BCUT2D eigenvalue weighted by molar-refractivity contribution is 5.80. The van der Waals surface area contributed by atoms with Gasteiger partial charge in [-0.15, -0.1) is 0 Å². The van der Waals surface area contributed by atoms with E-state index in [1.807, 2.05) is 13.8 Å². The predicted molar refractivity (Wildman–Crippen MR) is 72.4 cm³/mol. The molecule has 1 aliphatic heterocycles. The van der Waals surface area contributed by atoms with Gasteiger partial charge in [-0.05, 0) is 47.3 Å². The van der Waals surface area contributed by atoms with E-state index in [9.17, 15) is 4.79 Å². The number of hydrogen-bond acceptors (Lipinski definition) is 2. The Kier molecular flexibility index (Phi) is 3.70. The first kappa shape index (κ1) is 14.2. The molecule has 1 rings (SSSR count). The van der Waals surface area contributed by atoms with E-state index < -0.39 is 0 Å². The molecule has 1 saturated heterocycles. The molecule has 3 heteroatoms. The van der Waals surface area contributed by atoms with E-state index in [0.29, 0.717) is 0 Å². The maximum atomic E-state index is 12.4. The van der Waals surface area contributed by atoms with Gasteiger partial charge in [0.25, 0.3) is 0 Å². The Hall–Kier alpha value is -0.860. The van der Waals surface area contributed by atoms with Crippen LogP contribution in [0.15, 0.2) is 4.99 Å². The van der Waals surface area contributed by atoms with Gasteiger partial charge >= 0.3 is 0 Å². The standard InChI is InChI=1S/C14H26N2O/c1-10(2)12(17)16-13(3,4)8-11(15-7)9-14(16,5)6/h10-11H,7-9H2,1-6H3. The van der Waals surface area contributed by atoms with Crippen molar-refractivity contribution >= 4 is 12.6 Å². The van der Waals surface area contributed by atoms with Crippen LogP contribution in [0, 0.1) is 5.92 Å². The van der Waals surface area contributed by atoms with Crippen molar-refractivity contribution in [2.75, 3.05) is 0 Å². The Balaban J connectivity index is 3.09. The van der Waals surface area contributed by atoms with Gasteiger partial charge in [0.05, 0.1) is 6.04 Å². The van der Waals surface area contributed by atoms with Gasteiger partial charge in [-0.25, -0.2) is 0 Å². The van der Waals surface area contributed by atoms with Crippen molar-refractivity contribution in [2.24, 2.45) is 10.9 Å². The Morgan fingerprint density at radius 3 is 1.94 bits per heavy atom. The Morgan fingerprint density at radius 1 is 1.24 bits per heavy atom. The SMILES string of the molecule is C=NC1CC(C)(C)N(C(=O)C(C)C)C(C)(C)C1. The largest absolute Gasteiger partial charge is 0.332 e. The molecule has 0 unspecified atom stereocenters. The zero-order valence-electron chi connectivity index (χ0n) is 12.1. The molecule has 98 valence electrons. The van der Waals surface area contributed by atoms with Crippen LogP contribution in [-0.4, -0.2) is 34.6 Å². The minimum absolute atomic E-state index is 0.0433. The van der Waals surface area contributed by atoms with Crippen molar-refractivity contribution in [2.45, 2.75) is 71.5 Å². The Labute approximate surface area is 105 Å². The molecule has 0 aromatic heterocycles. The summed E-state index contributed by atoms with van der Waals surface area (Å²) < 4.78 is 0. The lowest BCUT2D eigenvalue weighted by Gasteiger charge is -2.55. The zero-order chi connectivity index (χ0) is 13.4. The molecular weight excluding hydrogens is 212 g/mol. The molecular formula is C14H26N2O. The van der Waals surface area contributed by atoms with Crippen LogP contribution in [0.5, 0.6) is 0 Å². The molecule has 1 amide bonds. The second kappa shape index (κ2) is 4.43. The number of rotatable bonds is 2. The topological polar surface area (TPSA) is 32.7 Å². The third-order valence-corrected chi connectivity index (χ3v) is 3.65. The lowest BCUT2D eigenvalue weighted by molar-refractivity contribution is -0.153. The fraction of sp³-hybridized carbons (Fsp3) is 0.857. The van der Waals surface area contributed by atoms with Gasteiger partial charge in [0.15, 0.2) is 0 Å². The van der Waals surface area contributed by atoms with Crippen LogP contribution < -0.4 is 0 Å². The minimum Gasteiger partial charge on any atom is -0.332 e. The molecule has 0 saturated carbocycles. The zero-order valence-corrected chi connectivity index (χ0v) is 12.1. The lowest BCUT2D eigenvalue weighted by atomic mass is 9.76. The van der Waals surface area contributed by atoms with Crippen molar-refractivity contribution in [3.63, 3.8) is 0 Å². The fourth-order valence-corrected chi connectivity index (χ4v) is 3.21. The van der Waals surface area contributed by atoms with E-state index in [0.717, 1.165) is 12.8 Å². The molecule has 17 heavy (non-hydrogen) atoms. The van der Waals surface area contributed by atoms with Crippen molar-refractivity contribution in [3.8, 4) is 0 Å². The smallest absolute Gasteiger partial charge is 0.226 e. The van der Waals surface area contributed by atoms with E-state index in [-0.39, 0.29) is 28.9 Å². The number of nitrogens with zero attached hydrogens (tertiary/aromatic N) is 2. The number of carbonyl (C=O) groups is 1. The highest BCUT2D eigenvalue weighted by Gasteiger charge is 2.47. The van der Waals surface area contributed by atoms with E-state index in [4.69, 9.17) is 0 Å². The number of carbonyl (C=O) groups excluding carboxylic acids is 1. The number of piperidine rings is 1. The third-order valence-electron chi connectivity index (χ3n) is 3.65. The van der Waals surface area contributed by atoms with Gasteiger partial charge < -0.3 is 4.90 Å². The number of likely N-dealkylation sites (tertiary alicyclic amines) is 1. The molecule has 1 heterocycles. The summed E-state index contributed by atoms with van der Waals surface area (Å²) in [6.45, 7) is 16.1. The molecule has 0 aliphatic carbocycles. The molecule has 0 N–H and O–H groups in total. The number of amides is 1. The van der Waals surface area contributed by atoms with Crippen LogP contribution in [0.25, 0.3) is 0 Å². The first-order chi connectivity index (χ1) is 7.62. The second-order valence-corrected chi connectivity index (χ2v) is 6.70. The van der Waals surface area contributed by atoms with Crippen molar-refractivity contribution < 1.29 is 4.79 Å². The lowest BCUT2D eigenvalue weighted by Crippen LogP contribution is -2.64. The number of hydrogen-bond donors (Lipinski definition) is 0. The molecule has 1 fully saturated rings. The van der Waals surface area contributed by atoms with Crippen LogP contribution in [0.1, 0.15) is 54.4 Å². The summed E-state index contributed by atoms with van der Waals surface area (Å²) in [4.78, 5) is 18.7. The van der Waals surface area contributed by atoms with Crippen LogP contribution in [0.3, 0.4) is 0 Å². The molecule has 3 nitrogen and oxygen atoms in total. The summed E-state index contributed by atoms with van der Waals surface area (Å²) in [5.74, 6) is 0.282. The molecule has 0 spiro atoms. The van der Waals surface area contributed by atoms with Crippen molar-refractivity contribution in [1.82, 2.24) is 4.90 Å². The van der Waals surface area contributed by atoms with E-state index >= 15 is 0 Å². The summed E-state index contributed by atoms with van der Waals surface area (Å²) in [5, 5.41) is 0. The van der Waals surface area contributed by atoms with Gasteiger partial charge in [-0.1, -0.05) is 13.8 Å². The van der Waals surface area contributed by atoms with Crippen molar-refractivity contribution in [1.29, 1.82) is 0 Å². The average Bonchev–Trinajstić information content (AvgIpc) is 2.13. The predicted octanol–water partition coefficient (Wildman–Crippen LogP) is 2.89. The maximum absolute atomic E-state index is 12.4. The Bertz CT molecular complexity index is 300. The van der Waals surface area contributed by atoms with Gasteiger partial charge in [0, 0.05) is 17.0 Å². The van der Waals surface area contributed by atoms with Gasteiger partial charge in [0.2, 0.25) is 5.91 Å². The minimum atomic E-state index is -0.144. The highest BCUT2D eigenvalue weighted by Crippen LogP contribution is 2.40. The van der Waals surface area contributed by atoms with Crippen LogP contribution in [-0.2, 0) is 4.79 Å². The maximum Gasteiger partial charge on any atom is 0.226 e. The summed E-state index contributed by atoms with van der Waals surface area (Å²) >= 11 is 0. The summed E-state index contributed by atoms with van der Waals surface area (Å²) in [6, 6.07) is 0.260. The first-order valence-electron chi connectivity index (χ1n) is 6.42. The quantitative estimate of drug-likeness (QED) is 0.681. The molecule has 0 aromatic rings. The normalized spacial score (nSPS) is 23.8. The molecule has 0 aromatic carbocycles. The third kappa shape index (κ3) is 2.70.